The minimum atomic E-state index is -4.05. The maximum Gasteiger partial charge on any atom is 0.257 e. The summed E-state index contributed by atoms with van der Waals surface area (Å²) in [5, 5.41) is 5.03. The fourth-order valence-electron chi connectivity index (χ4n) is 1.85. The molecule has 9 heteroatoms. The molecule has 110 valence electrons. The zero-order chi connectivity index (χ0) is 14.9. The fourth-order valence-corrected chi connectivity index (χ4v) is 3.45. The van der Waals surface area contributed by atoms with Crippen molar-refractivity contribution < 1.29 is 22.3 Å². The van der Waals surface area contributed by atoms with Crippen molar-refractivity contribution in [2.75, 3.05) is 26.3 Å². The molecule has 1 aromatic carbocycles. The van der Waals surface area contributed by atoms with Crippen molar-refractivity contribution in [2.24, 2.45) is 5.14 Å². The van der Waals surface area contributed by atoms with Crippen LogP contribution in [0.25, 0.3) is 0 Å². The summed E-state index contributed by atoms with van der Waals surface area (Å²) < 4.78 is 41.8. The summed E-state index contributed by atoms with van der Waals surface area (Å²) in [6, 6.07) is 1.87. The molecule has 0 spiro atoms. The molecule has 1 aliphatic heterocycles. The van der Waals surface area contributed by atoms with Crippen molar-refractivity contribution >= 4 is 31.9 Å². The Morgan fingerprint density at radius 2 is 1.95 bits per heavy atom. The number of rotatable bonds is 2. The number of hydrogen-bond acceptors (Lipinski definition) is 4. The number of carbonyl (C=O) groups excluding carboxylic acids is 1. The highest BCUT2D eigenvalue weighted by atomic mass is 79.9. The van der Waals surface area contributed by atoms with Gasteiger partial charge in [0.25, 0.3) is 5.91 Å². The van der Waals surface area contributed by atoms with Gasteiger partial charge in [-0.25, -0.2) is 17.9 Å². The lowest BCUT2D eigenvalue weighted by molar-refractivity contribution is 0.0299. The van der Waals surface area contributed by atoms with Crippen molar-refractivity contribution in [3.8, 4) is 0 Å². The molecule has 1 aliphatic rings. The van der Waals surface area contributed by atoms with Crippen LogP contribution in [0.15, 0.2) is 21.5 Å². The van der Waals surface area contributed by atoms with Crippen LogP contribution in [0, 0.1) is 5.82 Å². The molecular formula is C11H12BrFN2O4S. The van der Waals surface area contributed by atoms with Gasteiger partial charge in [0.15, 0.2) is 0 Å². The smallest absolute Gasteiger partial charge is 0.257 e. The van der Waals surface area contributed by atoms with Crippen molar-refractivity contribution in [1.82, 2.24) is 4.90 Å². The molecular weight excluding hydrogens is 355 g/mol. The van der Waals surface area contributed by atoms with E-state index < -0.39 is 21.7 Å². The monoisotopic (exact) mass is 366 g/mol. The molecule has 6 nitrogen and oxygen atoms in total. The van der Waals surface area contributed by atoms with Crippen LogP contribution < -0.4 is 5.14 Å². The summed E-state index contributed by atoms with van der Waals surface area (Å²) in [5.74, 6) is -1.39. The number of primary sulfonamides is 1. The third kappa shape index (κ3) is 3.17. The number of morpholine rings is 1. The number of amides is 1. The second-order valence-corrected chi connectivity index (χ2v) is 6.60. The lowest BCUT2D eigenvalue weighted by atomic mass is 10.2. The Morgan fingerprint density at radius 3 is 2.50 bits per heavy atom. The van der Waals surface area contributed by atoms with Gasteiger partial charge in [-0.1, -0.05) is 0 Å². The lowest BCUT2D eigenvalue weighted by Gasteiger charge is -2.27. The predicted molar refractivity (Wildman–Crippen MR) is 72.2 cm³/mol. The Bertz CT molecular complexity index is 644. The van der Waals surface area contributed by atoms with Gasteiger partial charge in [-0.2, -0.15) is 0 Å². The van der Waals surface area contributed by atoms with Gasteiger partial charge in [0.1, 0.15) is 5.82 Å². The summed E-state index contributed by atoms with van der Waals surface area (Å²) in [5.41, 5.74) is -0.320. The van der Waals surface area contributed by atoms with Gasteiger partial charge < -0.3 is 9.64 Å². The normalized spacial score (nSPS) is 16.2. The zero-order valence-electron chi connectivity index (χ0n) is 10.3. The molecule has 0 unspecified atom stereocenters. The maximum atomic E-state index is 13.9. The van der Waals surface area contributed by atoms with Crippen LogP contribution in [0.4, 0.5) is 4.39 Å². The highest BCUT2D eigenvalue weighted by Crippen LogP contribution is 2.25. The molecule has 2 rings (SSSR count). The molecule has 0 aliphatic carbocycles. The second-order valence-electron chi connectivity index (χ2n) is 4.21. The first-order chi connectivity index (χ1) is 9.30. The van der Waals surface area contributed by atoms with Crippen LogP contribution in [-0.2, 0) is 14.8 Å². The van der Waals surface area contributed by atoms with E-state index in [2.05, 4.69) is 15.9 Å². The summed E-state index contributed by atoms with van der Waals surface area (Å²) in [7, 11) is -4.05. The molecule has 1 fully saturated rings. The van der Waals surface area contributed by atoms with Gasteiger partial charge in [0.2, 0.25) is 10.0 Å². The van der Waals surface area contributed by atoms with E-state index in [4.69, 9.17) is 9.88 Å². The van der Waals surface area contributed by atoms with E-state index >= 15 is 0 Å². The van der Waals surface area contributed by atoms with E-state index in [9.17, 15) is 17.6 Å². The number of hydrogen-bond donors (Lipinski definition) is 1. The number of nitrogens with two attached hydrogens (primary N) is 1. The summed E-state index contributed by atoms with van der Waals surface area (Å²) >= 11 is 2.92. The summed E-state index contributed by atoms with van der Waals surface area (Å²) in [6.45, 7) is 1.40. The minimum Gasteiger partial charge on any atom is -0.378 e. The minimum absolute atomic E-state index is 0.0176. The van der Waals surface area contributed by atoms with Crippen molar-refractivity contribution in [2.45, 2.75) is 4.90 Å². The average Bonchev–Trinajstić information content (AvgIpc) is 2.37. The fraction of sp³-hybridized carbons (Fsp3) is 0.364. The number of halogens is 2. The molecule has 0 aromatic heterocycles. The van der Waals surface area contributed by atoms with E-state index in [1.54, 1.807) is 0 Å². The third-order valence-corrected chi connectivity index (χ3v) is 4.73. The third-order valence-electron chi connectivity index (χ3n) is 2.86. The highest BCUT2D eigenvalue weighted by Gasteiger charge is 2.25. The quantitative estimate of drug-likeness (QED) is 0.834. The van der Waals surface area contributed by atoms with E-state index in [1.165, 1.54) is 4.90 Å². The molecule has 1 saturated heterocycles. The Labute approximate surface area is 123 Å². The first kappa shape index (κ1) is 15.4. The summed E-state index contributed by atoms with van der Waals surface area (Å²) in [6.07, 6.45) is 0. The van der Waals surface area contributed by atoms with Crippen LogP contribution in [0.5, 0.6) is 0 Å². The predicted octanol–water partition coefficient (Wildman–Crippen LogP) is 0.708. The van der Waals surface area contributed by atoms with Crippen molar-refractivity contribution in [3.05, 3.63) is 28.0 Å². The number of sulfonamides is 1. The molecule has 0 bridgehead atoms. The molecule has 0 saturated carbocycles. The Hall–Kier alpha value is -1.03. The average molecular weight is 367 g/mol. The Kier molecular flexibility index (Phi) is 4.43. The van der Waals surface area contributed by atoms with Gasteiger partial charge in [-0.15, -0.1) is 0 Å². The number of benzene rings is 1. The van der Waals surface area contributed by atoms with E-state index in [0.29, 0.717) is 26.3 Å². The van der Waals surface area contributed by atoms with Crippen LogP contribution >= 0.6 is 15.9 Å². The van der Waals surface area contributed by atoms with Gasteiger partial charge >= 0.3 is 0 Å². The van der Waals surface area contributed by atoms with Gasteiger partial charge in [0, 0.05) is 17.6 Å². The molecule has 1 aromatic rings. The van der Waals surface area contributed by atoms with Crippen LogP contribution in [0.2, 0.25) is 0 Å². The van der Waals surface area contributed by atoms with Crippen molar-refractivity contribution in [1.29, 1.82) is 0 Å². The Balaban J connectivity index is 2.43. The van der Waals surface area contributed by atoms with Gasteiger partial charge in [-0.3, -0.25) is 4.79 Å². The maximum absolute atomic E-state index is 13.9. The van der Waals surface area contributed by atoms with Crippen molar-refractivity contribution in [3.63, 3.8) is 0 Å². The molecule has 1 amide bonds. The van der Waals surface area contributed by atoms with Crippen LogP contribution in [0.3, 0.4) is 0 Å². The van der Waals surface area contributed by atoms with Crippen LogP contribution in [-0.4, -0.2) is 45.5 Å². The Morgan fingerprint density at radius 1 is 1.35 bits per heavy atom. The van der Waals surface area contributed by atoms with E-state index in [1.807, 2.05) is 0 Å². The first-order valence-electron chi connectivity index (χ1n) is 5.69. The highest BCUT2D eigenvalue weighted by molar-refractivity contribution is 9.10. The number of carbonyl (C=O) groups is 1. The van der Waals surface area contributed by atoms with Crippen LogP contribution in [0.1, 0.15) is 10.4 Å². The zero-order valence-corrected chi connectivity index (χ0v) is 12.7. The van der Waals surface area contributed by atoms with Gasteiger partial charge in [-0.05, 0) is 28.1 Å². The molecule has 0 atom stereocenters. The summed E-state index contributed by atoms with van der Waals surface area (Å²) in [4.78, 5) is 13.3. The SMILES string of the molecule is NS(=O)(=O)c1cc(C(=O)N2CCOCC2)c(F)cc1Br. The second kappa shape index (κ2) is 5.76. The van der Waals surface area contributed by atoms with E-state index in [0.717, 1.165) is 12.1 Å². The number of ether oxygens (including phenoxy) is 1. The van der Waals surface area contributed by atoms with E-state index in [-0.39, 0.29) is 14.9 Å². The van der Waals surface area contributed by atoms with Gasteiger partial charge in [0.05, 0.1) is 23.7 Å². The molecule has 20 heavy (non-hydrogen) atoms. The number of nitrogens with zero attached hydrogens (tertiary/aromatic N) is 1. The first-order valence-corrected chi connectivity index (χ1v) is 8.03. The molecule has 2 N–H and O–H groups in total. The standard InChI is InChI=1S/C11H12BrFN2O4S/c12-8-6-9(13)7(5-10(8)20(14,17)18)11(16)15-1-3-19-4-2-15/h5-6H,1-4H2,(H2,14,17,18). The largest absolute Gasteiger partial charge is 0.378 e. The molecule has 0 radical (unpaired) electrons. The molecule has 1 heterocycles. The topological polar surface area (TPSA) is 89.7 Å². The lowest BCUT2D eigenvalue weighted by Crippen LogP contribution is -2.41.